The predicted molar refractivity (Wildman–Crippen MR) is 141 cm³/mol. The predicted octanol–water partition coefficient (Wildman–Crippen LogP) is 2.22. The highest BCUT2D eigenvalue weighted by Gasteiger charge is 2.26. The number of esters is 1. The summed E-state index contributed by atoms with van der Waals surface area (Å²) in [6.07, 6.45) is 2.65. The lowest BCUT2D eigenvalue weighted by atomic mass is 10.2. The van der Waals surface area contributed by atoms with E-state index in [1.165, 1.54) is 40.7 Å². The van der Waals surface area contributed by atoms with Gasteiger partial charge < -0.3 is 9.30 Å². The Labute approximate surface area is 224 Å². The van der Waals surface area contributed by atoms with Crippen LogP contribution in [0.1, 0.15) is 43.0 Å². The van der Waals surface area contributed by atoms with Gasteiger partial charge in [-0.1, -0.05) is 17.8 Å². The first-order valence-electron chi connectivity index (χ1n) is 12.0. The van der Waals surface area contributed by atoms with E-state index in [4.69, 9.17) is 9.88 Å². The largest absolute Gasteiger partial charge is 0.466 e. The summed E-state index contributed by atoms with van der Waals surface area (Å²) in [6.45, 7) is 3.02. The maximum Gasteiger partial charge on any atom is 0.307 e. The van der Waals surface area contributed by atoms with Crippen molar-refractivity contribution in [3.8, 4) is 0 Å². The third-order valence-corrected chi connectivity index (χ3v) is 9.94. The zero-order chi connectivity index (χ0) is 27.5. The van der Waals surface area contributed by atoms with Crippen LogP contribution in [0.5, 0.6) is 0 Å². The molecule has 0 saturated carbocycles. The van der Waals surface area contributed by atoms with E-state index in [2.05, 4.69) is 4.99 Å². The van der Waals surface area contributed by atoms with Gasteiger partial charge in [0.2, 0.25) is 20.0 Å². The Balaban J connectivity index is 1.68. The maximum atomic E-state index is 13.0. The Morgan fingerprint density at radius 1 is 1.00 bits per heavy atom. The Morgan fingerprint density at radius 2 is 1.66 bits per heavy atom. The molecule has 2 heterocycles. The van der Waals surface area contributed by atoms with Crippen molar-refractivity contribution in [2.45, 2.75) is 48.9 Å². The molecule has 0 radical (unpaired) electrons. The van der Waals surface area contributed by atoms with Crippen LogP contribution in [0.25, 0.3) is 10.2 Å². The highest BCUT2D eigenvalue weighted by atomic mass is 32.2. The standard InChI is InChI=1S/C24H28N4O7S3/c1-2-35-22(29)12-15-28-20-11-10-19(37(25,31)32)16-21(20)36-24(28)26-23(30)17-6-8-18(9-7-17)38(33,34)27-13-4-3-5-14-27/h6-11,16H,2-5,12-15H2,1H3,(H2,25,31,32). The number of rotatable bonds is 8. The van der Waals surface area contributed by atoms with Crippen LogP contribution in [0.4, 0.5) is 0 Å². The number of hydrogen-bond acceptors (Lipinski definition) is 8. The highest BCUT2D eigenvalue weighted by molar-refractivity contribution is 7.89. The van der Waals surface area contributed by atoms with Gasteiger partial charge in [-0.25, -0.2) is 22.0 Å². The van der Waals surface area contributed by atoms with Crippen molar-refractivity contribution in [3.05, 3.63) is 52.8 Å². The van der Waals surface area contributed by atoms with Crippen LogP contribution in [0.15, 0.2) is 57.2 Å². The molecule has 11 nitrogen and oxygen atoms in total. The van der Waals surface area contributed by atoms with E-state index in [0.717, 1.165) is 30.6 Å². The molecule has 0 atom stereocenters. The molecule has 0 unspecified atom stereocenters. The van der Waals surface area contributed by atoms with Crippen molar-refractivity contribution < 1.29 is 31.2 Å². The van der Waals surface area contributed by atoms with Gasteiger partial charge in [-0.15, -0.1) is 0 Å². The molecule has 0 bridgehead atoms. The molecule has 14 heteroatoms. The fourth-order valence-corrected chi connectivity index (χ4v) is 7.37. The summed E-state index contributed by atoms with van der Waals surface area (Å²) in [6, 6.07) is 9.89. The molecule has 0 spiro atoms. The molecular weight excluding hydrogens is 552 g/mol. The van der Waals surface area contributed by atoms with Crippen LogP contribution < -0.4 is 9.94 Å². The molecule has 2 N–H and O–H groups in total. The van der Waals surface area contributed by atoms with E-state index in [1.54, 1.807) is 17.6 Å². The Kier molecular flexibility index (Phi) is 8.47. The number of nitrogens with zero attached hydrogens (tertiary/aromatic N) is 3. The smallest absolute Gasteiger partial charge is 0.307 e. The lowest BCUT2D eigenvalue weighted by molar-refractivity contribution is -0.143. The topological polar surface area (TPSA) is 158 Å². The van der Waals surface area contributed by atoms with Crippen LogP contribution in [0.2, 0.25) is 0 Å². The number of fused-ring (bicyclic) bond motifs is 1. The van der Waals surface area contributed by atoms with Crippen molar-refractivity contribution in [2.24, 2.45) is 10.1 Å². The van der Waals surface area contributed by atoms with Gasteiger partial charge in [0.1, 0.15) is 0 Å². The second-order valence-electron chi connectivity index (χ2n) is 8.67. The van der Waals surface area contributed by atoms with Crippen molar-refractivity contribution in [1.29, 1.82) is 0 Å². The highest BCUT2D eigenvalue weighted by Crippen LogP contribution is 2.23. The monoisotopic (exact) mass is 580 g/mol. The van der Waals surface area contributed by atoms with E-state index in [0.29, 0.717) is 23.3 Å². The molecule has 1 aliphatic rings. The molecular formula is C24H28N4O7S3. The van der Waals surface area contributed by atoms with Gasteiger partial charge in [0.25, 0.3) is 5.91 Å². The number of amides is 1. The Hall–Kier alpha value is -2.91. The Morgan fingerprint density at radius 3 is 2.29 bits per heavy atom. The summed E-state index contributed by atoms with van der Waals surface area (Å²) in [5.41, 5.74) is 0.753. The maximum absolute atomic E-state index is 13.0. The fraction of sp³-hybridized carbons (Fsp3) is 0.375. The molecule has 3 aromatic rings. The zero-order valence-corrected chi connectivity index (χ0v) is 23.1. The number of carbonyl (C=O) groups excluding carboxylic acids is 2. The van der Waals surface area contributed by atoms with E-state index in [1.807, 2.05) is 0 Å². The average Bonchev–Trinajstić information content (AvgIpc) is 3.23. The first-order valence-corrected chi connectivity index (χ1v) is 15.8. The molecule has 1 fully saturated rings. The number of primary sulfonamides is 1. The summed E-state index contributed by atoms with van der Waals surface area (Å²) < 4.78 is 58.0. The lowest BCUT2D eigenvalue weighted by Crippen LogP contribution is -2.35. The molecule has 0 aliphatic carbocycles. The minimum absolute atomic E-state index is 0.0149. The third kappa shape index (κ3) is 6.21. The number of piperidine rings is 1. The second-order valence-corrected chi connectivity index (χ2v) is 13.2. The van der Waals surface area contributed by atoms with Crippen molar-refractivity contribution >= 4 is 53.5 Å². The zero-order valence-electron chi connectivity index (χ0n) is 20.7. The van der Waals surface area contributed by atoms with Crippen molar-refractivity contribution in [1.82, 2.24) is 8.87 Å². The van der Waals surface area contributed by atoms with Gasteiger partial charge in [0.05, 0.1) is 33.0 Å². The van der Waals surface area contributed by atoms with Crippen molar-refractivity contribution in [3.63, 3.8) is 0 Å². The summed E-state index contributed by atoms with van der Waals surface area (Å²) in [7, 11) is -7.59. The molecule has 38 heavy (non-hydrogen) atoms. The van der Waals surface area contributed by atoms with Gasteiger partial charge in [-0.2, -0.15) is 9.30 Å². The van der Waals surface area contributed by atoms with E-state index >= 15 is 0 Å². The molecule has 4 rings (SSSR count). The number of benzene rings is 2. The minimum Gasteiger partial charge on any atom is -0.466 e. The van der Waals surface area contributed by atoms with E-state index in [9.17, 15) is 26.4 Å². The van der Waals surface area contributed by atoms with Crippen LogP contribution in [0, 0.1) is 0 Å². The summed E-state index contributed by atoms with van der Waals surface area (Å²) in [5, 5.41) is 5.26. The van der Waals surface area contributed by atoms with Gasteiger partial charge in [0, 0.05) is 25.2 Å². The molecule has 2 aromatic carbocycles. The molecule has 1 saturated heterocycles. The number of sulfonamides is 2. The van der Waals surface area contributed by atoms with Gasteiger partial charge >= 0.3 is 5.97 Å². The summed E-state index contributed by atoms with van der Waals surface area (Å²) in [5.74, 6) is -1.04. The third-order valence-electron chi connectivity index (χ3n) is 6.08. The Bertz CT molecular complexity index is 1630. The van der Waals surface area contributed by atoms with Gasteiger partial charge in [-0.05, 0) is 62.2 Å². The summed E-state index contributed by atoms with van der Waals surface area (Å²) in [4.78, 5) is 29.5. The summed E-state index contributed by atoms with van der Waals surface area (Å²) >= 11 is 1.07. The molecule has 1 aliphatic heterocycles. The molecule has 204 valence electrons. The van der Waals surface area contributed by atoms with Crippen LogP contribution in [-0.2, 0) is 36.1 Å². The number of hydrogen-bond donors (Lipinski definition) is 1. The van der Waals surface area contributed by atoms with Gasteiger partial charge in [-0.3, -0.25) is 9.59 Å². The second kappa shape index (κ2) is 11.5. The normalized spacial score (nSPS) is 15.6. The minimum atomic E-state index is -3.95. The first-order chi connectivity index (χ1) is 18.0. The quantitative estimate of drug-likeness (QED) is 0.400. The number of ether oxygens (including phenoxy) is 1. The number of aromatic nitrogens is 1. The average molecular weight is 581 g/mol. The number of nitrogens with two attached hydrogens (primary N) is 1. The lowest BCUT2D eigenvalue weighted by Gasteiger charge is -2.25. The van der Waals surface area contributed by atoms with Crippen LogP contribution in [0.3, 0.4) is 0 Å². The SMILES string of the molecule is CCOC(=O)CCn1c(=NC(=O)c2ccc(S(=O)(=O)N3CCCCC3)cc2)sc2cc(S(N)(=O)=O)ccc21. The number of aryl methyl sites for hydroxylation is 1. The van der Waals surface area contributed by atoms with Crippen molar-refractivity contribution in [2.75, 3.05) is 19.7 Å². The van der Waals surface area contributed by atoms with Gasteiger partial charge in [0.15, 0.2) is 4.80 Å². The number of thiazole rings is 1. The number of carbonyl (C=O) groups is 2. The van der Waals surface area contributed by atoms with Crippen LogP contribution in [-0.4, -0.2) is 57.3 Å². The van der Waals surface area contributed by atoms with E-state index in [-0.39, 0.29) is 39.7 Å². The first kappa shape index (κ1) is 28.1. The van der Waals surface area contributed by atoms with E-state index < -0.39 is 31.9 Å². The molecule has 1 aromatic heterocycles. The fourth-order valence-electron chi connectivity index (χ4n) is 4.14. The van der Waals surface area contributed by atoms with Crippen LogP contribution >= 0.6 is 11.3 Å². The molecule has 1 amide bonds.